The first-order valence-corrected chi connectivity index (χ1v) is 12.1. The molecule has 0 fully saturated rings. The van der Waals surface area contributed by atoms with Crippen molar-refractivity contribution >= 4 is 34.9 Å². The highest BCUT2D eigenvalue weighted by molar-refractivity contribution is 7.09. The van der Waals surface area contributed by atoms with Crippen molar-refractivity contribution in [1.82, 2.24) is 14.6 Å². The summed E-state index contributed by atoms with van der Waals surface area (Å²) in [5.74, 6) is -0.237. The normalized spacial score (nSPS) is 12.0. The molecule has 2 aromatic rings. The number of hydrogen-bond acceptors (Lipinski definition) is 7. The van der Waals surface area contributed by atoms with Crippen LogP contribution in [0.15, 0.2) is 24.3 Å². The zero-order valence-corrected chi connectivity index (χ0v) is 21.3. The molecule has 0 saturated heterocycles. The number of primary amides is 1. The zero-order chi connectivity index (χ0) is 25.4. The van der Waals surface area contributed by atoms with E-state index in [9.17, 15) is 14.4 Å². The van der Waals surface area contributed by atoms with Crippen LogP contribution in [0.2, 0.25) is 0 Å². The average molecular weight is 490 g/mol. The molecule has 0 aliphatic heterocycles. The highest BCUT2D eigenvalue weighted by atomic mass is 32.1. The molecule has 186 valence electrons. The van der Waals surface area contributed by atoms with Gasteiger partial charge in [0.1, 0.15) is 16.7 Å². The molecule has 0 aliphatic carbocycles. The number of methoxy groups -OCH3 is 1. The lowest BCUT2D eigenvalue weighted by Gasteiger charge is -2.32. The molecule has 3 amide bonds. The minimum atomic E-state index is -0.806. The van der Waals surface area contributed by atoms with Crippen LogP contribution < -0.4 is 21.5 Å². The van der Waals surface area contributed by atoms with Crippen molar-refractivity contribution in [2.75, 3.05) is 19.4 Å². The molecule has 9 nitrogen and oxygen atoms in total. The van der Waals surface area contributed by atoms with Crippen molar-refractivity contribution < 1.29 is 19.1 Å². The van der Waals surface area contributed by atoms with Crippen molar-refractivity contribution in [2.24, 2.45) is 17.6 Å². The van der Waals surface area contributed by atoms with Gasteiger partial charge in [-0.1, -0.05) is 39.8 Å². The molecule has 0 saturated carbocycles. The Morgan fingerprint density at radius 1 is 1.12 bits per heavy atom. The molecule has 1 heterocycles. The third kappa shape index (κ3) is 7.18. The highest BCUT2D eigenvalue weighted by Gasteiger charge is 2.34. The number of hydrogen-bond donors (Lipinski definition) is 3. The molecule has 0 aliphatic rings. The number of rotatable bonds is 12. The summed E-state index contributed by atoms with van der Waals surface area (Å²) in [5, 5.41) is 2.98. The lowest BCUT2D eigenvalue weighted by molar-refractivity contribution is -0.126. The summed E-state index contributed by atoms with van der Waals surface area (Å²) in [7, 11) is 1.58. The molecular formula is C24H35N5O4S. The molecular weight excluding hydrogens is 454 g/mol. The fourth-order valence-corrected chi connectivity index (χ4v) is 4.20. The number of ether oxygens (including phenoxy) is 1. The van der Waals surface area contributed by atoms with Crippen LogP contribution in [0.3, 0.4) is 0 Å². The number of amides is 3. The summed E-state index contributed by atoms with van der Waals surface area (Å²) >= 11 is 0.809. The first-order chi connectivity index (χ1) is 16.0. The van der Waals surface area contributed by atoms with E-state index in [1.807, 2.05) is 26.0 Å². The Hall–Kier alpha value is -3.14. The molecule has 2 rings (SSSR count). The highest BCUT2D eigenvalue weighted by Crippen LogP contribution is 2.27. The summed E-state index contributed by atoms with van der Waals surface area (Å²) < 4.78 is 9.18. The van der Waals surface area contributed by atoms with Crippen molar-refractivity contribution in [2.45, 2.75) is 53.1 Å². The van der Waals surface area contributed by atoms with E-state index < -0.39 is 17.9 Å². The van der Waals surface area contributed by atoms with E-state index in [4.69, 9.17) is 16.2 Å². The van der Waals surface area contributed by atoms with E-state index in [1.165, 1.54) is 4.90 Å². The fourth-order valence-electron chi connectivity index (χ4n) is 3.43. The number of carbonyl (C=O) groups is 3. The molecule has 5 N–H and O–H groups in total. The van der Waals surface area contributed by atoms with Crippen molar-refractivity contribution in [3.63, 3.8) is 0 Å². The number of nitrogens with zero attached hydrogens (tertiary/aromatic N) is 2. The smallest absolute Gasteiger partial charge is 0.270 e. The number of benzene rings is 1. The molecule has 0 bridgehead atoms. The molecule has 0 spiro atoms. The summed E-state index contributed by atoms with van der Waals surface area (Å²) in [5.41, 5.74) is 12.0. The lowest BCUT2D eigenvalue weighted by atomic mass is 10.00. The van der Waals surface area contributed by atoms with Gasteiger partial charge in [-0.25, -0.2) is 0 Å². The maximum Gasteiger partial charge on any atom is 0.270 e. The number of nitrogens with one attached hydrogen (secondary N) is 1. The monoisotopic (exact) mass is 489 g/mol. The molecule has 0 radical (unpaired) electrons. The molecule has 34 heavy (non-hydrogen) atoms. The van der Waals surface area contributed by atoms with Gasteiger partial charge in [0.25, 0.3) is 11.8 Å². The first-order valence-electron chi connectivity index (χ1n) is 11.3. The van der Waals surface area contributed by atoms with Gasteiger partial charge in [-0.3, -0.25) is 14.4 Å². The van der Waals surface area contributed by atoms with Crippen LogP contribution in [0.25, 0.3) is 0 Å². The van der Waals surface area contributed by atoms with Gasteiger partial charge in [-0.2, -0.15) is 4.37 Å². The van der Waals surface area contributed by atoms with Crippen molar-refractivity contribution in [1.29, 1.82) is 0 Å². The van der Waals surface area contributed by atoms with Gasteiger partial charge in [0.2, 0.25) is 5.91 Å². The predicted octanol–water partition coefficient (Wildman–Crippen LogP) is 3.05. The van der Waals surface area contributed by atoms with Gasteiger partial charge >= 0.3 is 0 Å². The van der Waals surface area contributed by atoms with Crippen LogP contribution in [0.4, 0.5) is 5.69 Å². The number of nitrogen functional groups attached to an aromatic ring is 1. The van der Waals surface area contributed by atoms with Crippen LogP contribution in [0.5, 0.6) is 5.75 Å². The van der Waals surface area contributed by atoms with Crippen LogP contribution in [0.1, 0.15) is 66.3 Å². The van der Waals surface area contributed by atoms with Crippen LogP contribution in [-0.4, -0.2) is 46.7 Å². The summed E-state index contributed by atoms with van der Waals surface area (Å²) in [6.45, 7) is 8.85. The Morgan fingerprint density at radius 3 is 2.26 bits per heavy atom. The number of nitrogens with two attached hydrogens (primary N) is 2. The van der Waals surface area contributed by atoms with E-state index >= 15 is 0 Å². The van der Waals surface area contributed by atoms with Gasteiger partial charge < -0.3 is 26.4 Å². The Balaban J connectivity index is 2.45. The van der Waals surface area contributed by atoms with Crippen LogP contribution in [0, 0.1) is 11.8 Å². The fraction of sp³-hybridized carbons (Fsp3) is 0.500. The Labute approximate surface area is 205 Å². The van der Waals surface area contributed by atoms with E-state index in [1.54, 1.807) is 19.2 Å². The Morgan fingerprint density at radius 2 is 1.76 bits per heavy atom. The molecule has 1 aromatic heterocycles. The zero-order valence-electron chi connectivity index (χ0n) is 20.5. The number of anilines is 1. The van der Waals surface area contributed by atoms with Gasteiger partial charge in [0.15, 0.2) is 5.69 Å². The summed E-state index contributed by atoms with van der Waals surface area (Å²) in [6.07, 6.45) is 1.28. The second-order valence-corrected chi connectivity index (χ2v) is 9.81. The molecule has 0 unspecified atom stereocenters. The number of aromatic nitrogens is 1. The van der Waals surface area contributed by atoms with Crippen LogP contribution in [-0.2, 0) is 11.3 Å². The first kappa shape index (κ1) is 27.1. The van der Waals surface area contributed by atoms with Gasteiger partial charge in [-0.15, -0.1) is 0 Å². The summed E-state index contributed by atoms with van der Waals surface area (Å²) in [6, 6.07) is 6.54. The third-order valence-corrected chi connectivity index (χ3v) is 6.17. The van der Waals surface area contributed by atoms with E-state index in [0.29, 0.717) is 24.6 Å². The quantitative estimate of drug-likeness (QED) is 0.418. The van der Waals surface area contributed by atoms with Crippen molar-refractivity contribution in [3.8, 4) is 5.75 Å². The van der Waals surface area contributed by atoms with E-state index in [2.05, 4.69) is 23.5 Å². The van der Waals surface area contributed by atoms with Crippen molar-refractivity contribution in [3.05, 3.63) is 40.4 Å². The minimum Gasteiger partial charge on any atom is -0.497 e. The average Bonchev–Trinajstić information content (AvgIpc) is 3.17. The lowest BCUT2D eigenvalue weighted by Crippen LogP contribution is -2.50. The standard InChI is InChI=1S/C24H35N5O4S/c1-14(2)10-11-27-23(31)18(12-15(3)4)29(13-16-6-8-17(33-5)9-7-16)24(32)21-19(25)20(22(26)30)28-34-21/h6-9,14-15,18H,10-13,25H2,1-5H3,(H2,26,30)(H,27,31)/t18-/m1/s1. The molecule has 1 aromatic carbocycles. The second-order valence-electron chi connectivity index (χ2n) is 9.04. The minimum absolute atomic E-state index is 0.0641. The van der Waals surface area contributed by atoms with Gasteiger partial charge in [0, 0.05) is 13.1 Å². The van der Waals surface area contributed by atoms with Gasteiger partial charge in [-0.05, 0) is 53.9 Å². The third-order valence-electron chi connectivity index (χ3n) is 5.32. The maximum absolute atomic E-state index is 13.7. The Kier molecular flexibility index (Phi) is 9.85. The topological polar surface area (TPSA) is 141 Å². The largest absolute Gasteiger partial charge is 0.497 e. The summed E-state index contributed by atoms with van der Waals surface area (Å²) in [4.78, 5) is 40.2. The predicted molar refractivity (Wildman–Crippen MR) is 134 cm³/mol. The van der Waals surface area contributed by atoms with Gasteiger partial charge in [0.05, 0.1) is 12.8 Å². The maximum atomic E-state index is 13.7. The molecule has 1 atom stereocenters. The second kappa shape index (κ2) is 12.4. The SMILES string of the molecule is COc1ccc(CN(C(=O)c2snc(C(N)=O)c2N)[C@H](CC(C)C)C(=O)NCCC(C)C)cc1. The van der Waals surface area contributed by atoms with E-state index in [0.717, 1.165) is 23.5 Å². The number of carbonyl (C=O) groups excluding carboxylic acids is 3. The molecule has 10 heteroatoms. The van der Waals surface area contributed by atoms with Crippen LogP contribution >= 0.6 is 11.5 Å². The van der Waals surface area contributed by atoms with E-state index in [-0.39, 0.29) is 34.6 Å². The Bertz CT molecular complexity index is 988.